The summed E-state index contributed by atoms with van der Waals surface area (Å²) in [5, 5.41) is 0.740. The highest BCUT2D eigenvalue weighted by atomic mass is 35.5. The zero-order valence-corrected chi connectivity index (χ0v) is 27.9. The van der Waals surface area contributed by atoms with Crippen LogP contribution in [0.15, 0.2) is 53.4 Å². The number of nitrogens with zero attached hydrogens (tertiary/aromatic N) is 4. The summed E-state index contributed by atoms with van der Waals surface area (Å²) in [4.78, 5) is 35.9. The summed E-state index contributed by atoms with van der Waals surface area (Å²) < 4.78 is 33.7. The lowest BCUT2D eigenvalue weighted by Crippen LogP contribution is -2.33. The van der Waals surface area contributed by atoms with Gasteiger partial charge in [0.05, 0.1) is 23.5 Å². The summed E-state index contributed by atoms with van der Waals surface area (Å²) >= 11 is 6.35. The number of aromatic nitrogens is 1. The first-order chi connectivity index (χ1) is 21.2. The standard InChI is InChI=1S/C26H25ClF2N4O3.C8H19N/c1-15-7-24(31-11-20(29)10-30)21-5-4-6-25(26(21)32-15)36-14-22-18(8-19(28)9-23(22)27)13-33(17(3)35)12-16(2)34;1-5-8(2)6-7-9(3)4/h4-11H,12-14,30H2,1-3H3;8H,5-7H2,1-4H3/b20-10+,31-11?;. The van der Waals surface area contributed by atoms with Crippen LogP contribution >= 0.6 is 11.6 Å². The first-order valence-electron chi connectivity index (χ1n) is 14.8. The van der Waals surface area contributed by atoms with Gasteiger partial charge in [0.2, 0.25) is 5.91 Å². The summed E-state index contributed by atoms with van der Waals surface area (Å²) in [5.74, 6) is -0.502. The smallest absolute Gasteiger partial charge is 0.220 e. The number of ether oxygens (including phenoxy) is 1. The minimum Gasteiger partial charge on any atom is -0.487 e. The van der Waals surface area contributed by atoms with Crippen LogP contribution in [0.25, 0.3) is 10.9 Å². The van der Waals surface area contributed by atoms with Crippen LogP contribution in [-0.4, -0.2) is 59.9 Å². The predicted molar refractivity (Wildman–Crippen MR) is 178 cm³/mol. The molecule has 0 bridgehead atoms. The van der Waals surface area contributed by atoms with E-state index in [9.17, 15) is 18.4 Å². The number of rotatable bonds is 13. The Kier molecular flexibility index (Phi) is 15.1. The molecule has 2 aromatic carbocycles. The number of aliphatic imine (C=N–C) groups is 1. The van der Waals surface area contributed by atoms with Gasteiger partial charge in [-0.05, 0) is 76.7 Å². The van der Waals surface area contributed by atoms with Crippen molar-refractivity contribution in [2.24, 2.45) is 16.6 Å². The second-order valence-corrected chi connectivity index (χ2v) is 11.6. The zero-order chi connectivity index (χ0) is 33.7. The highest BCUT2D eigenvalue weighted by Gasteiger charge is 2.18. The number of amides is 1. The van der Waals surface area contributed by atoms with Gasteiger partial charge >= 0.3 is 0 Å². The Bertz CT molecular complexity index is 1530. The van der Waals surface area contributed by atoms with Crippen molar-refractivity contribution in [3.8, 4) is 5.75 Å². The van der Waals surface area contributed by atoms with Gasteiger partial charge in [0.15, 0.2) is 5.83 Å². The largest absolute Gasteiger partial charge is 0.487 e. The number of fused-ring (bicyclic) bond motifs is 1. The van der Waals surface area contributed by atoms with Gasteiger partial charge in [-0.2, -0.15) is 0 Å². The molecule has 244 valence electrons. The minimum absolute atomic E-state index is 0.0168. The number of aryl methyl sites for hydroxylation is 1. The van der Waals surface area contributed by atoms with E-state index < -0.39 is 11.6 Å². The number of pyridine rings is 1. The summed E-state index contributed by atoms with van der Waals surface area (Å²) in [6.45, 7) is 10.1. The van der Waals surface area contributed by atoms with Gasteiger partial charge in [0.25, 0.3) is 0 Å². The first kappa shape index (κ1) is 37.3. The van der Waals surface area contributed by atoms with Crippen LogP contribution in [-0.2, 0) is 22.7 Å². The first-order valence-corrected chi connectivity index (χ1v) is 15.1. The van der Waals surface area contributed by atoms with Crippen molar-refractivity contribution in [1.29, 1.82) is 0 Å². The van der Waals surface area contributed by atoms with Crippen LogP contribution in [0.4, 0.5) is 14.5 Å². The predicted octanol–water partition coefficient (Wildman–Crippen LogP) is 7.31. The summed E-state index contributed by atoms with van der Waals surface area (Å²) in [6.07, 6.45) is 4.47. The van der Waals surface area contributed by atoms with E-state index in [1.807, 2.05) is 0 Å². The molecule has 1 unspecified atom stereocenters. The van der Waals surface area contributed by atoms with Crippen LogP contribution in [0.2, 0.25) is 5.02 Å². The van der Waals surface area contributed by atoms with Crippen molar-refractivity contribution in [1.82, 2.24) is 14.8 Å². The van der Waals surface area contributed by atoms with E-state index in [4.69, 9.17) is 22.1 Å². The molecule has 3 aromatic rings. The number of ketones is 1. The number of carbonyl (C=O) groups is 2. The van der Waals surface area contributed by atoms with Gasteiger partial charge in [-0.25, -0.2) is 13.8 Å². The van der Waals surface area contributed by atoms with Crippen LogP contribution < -0.4 is 10.5 Å². The minimum atomic E-state index is -0.687. The Labute approximate surface area is 269 Å². The highest BCUT2D eigenvalue weighted by Crippen LogP contribution is 2.33. The Balaban J connectivity index is 0.000000681. The van der Waals surface area contributed by atoms with E-state index in [-0.39, 0.29) is 36.4 Å². The third kappa shape index (κ3) is 12.2. The lowest BCUT2D eigenvalue weighted by atomic mass is 10.1. The van der Waals surface area contributed by atoms with Gasteiger partial charge in [0.1, 0.15) is 29.5 Å². The fourth-order valence-corrected chi connectivity index (χ4v) is 4.55. The highest BCUT2D eigenvalue weighted by molar-refractivity contribution is 6.31. The third-order valence-electron chi connectivity index (χ3n) is 7.01. The van der Waals surface area contributed by atoms with E-state index in [1.165, 1.54) is 44.2 Å². The number of para-hydroxylation sites is 1. The average molecular weight is 644 g/mol. The molecule has 0 saturated carbocycles. The SMILES string of the molecule is CC(=O)CN(Cc1cc(F)cc(Cl)c1COc1cccc2c(N=C/C(F)=C\N)cc(C)nc12)C(C)=O.CCC(C)CCN(C)C. The fourth-order valence-electron chi connectivity index (χ4n) is 4.27. The van der Waals surface area contributed by atoms with Crippen molar-refractivity contribution in [3.63, 3.8) is 0 Å². The number of nitrogens with two attached hydrogens (primary N) is 1. The Morgan fingerprint density at radius 1 is 1.20 bits per heavy atom. The molecule has 8 nitrogen and oxygen atoms in total. The van der Waals surface area contributed by atoms with Crippen LogP contribution in [0.5, 0.6) is 5.75 Å². The number of benzene rings is 2. The number of hydrogen-bond donors (Lipinski definition) is 1. The van der Waals surface area contributed by atoms with Gasteiger partial charge < -0.3 is 20.3 Å². The maximum atomic E-state index is 14.2. The van der Waals surface area contributed by atoms with Crippen molar-refractivity contribution in [3.05, 3.63) is 76.1 Å². The maximum Gasteiger partial charge on any atom is 0.220 e. The molecule has 0 spiro atoms. The van der Waals surface area contributed by atoms with Crippen molar-refractivity contribution < 1.29 is 23.1 Å². The number of allylic oxidation sites excluding steroid dienone is 1. The summed E-state index contributed by atoms with van der Waals surface area (Å²) in [6, 6.07) is 9.34. The van der Waals surface area contributed by atoms with E-state index in [0.29, 0.717) is 39.2 Å². The molecule has 1 amide bonds. The normalized spacial score (nSPS) is 12.3. The Morgan fingerprint density at radius 2 is 1.91 bits per heavy atom. The molecule has 45 heavy (non-hydrogen) atoms. The van der Waals surface area contributed by atoms with Crippen molar-refractivity contribution >= 4 is 46.1 Å². The van der Waals surface area contributed by atoms with Gasteiger partial charge in [0, 0.05) is 36.3 Å². The molecule has 3 rings (SSSR count). The van der Waals surface area contributed by atoms with E-state index in [2.05, 4.69) is 42.8 Å². The lowest BCUT2D eigenvalue weighted by molar-refractivity contribution is -0.133. The molecular weight excluding hydrogens is 600 g/mol. The molecule has 0 fully saturated rings. The summed E-state index contributed by atoms with van der Waals surface area (Å²) in [7, 11) is 4.25. The zero-order valence-electron chi connectivity index (χ0n) is 27.2. The molecule has 1 atom stereocenters. The molecule has 11 heteroatoms. The second kappa shape index (κ2) is 18.2. The van der Waals surface area contributed by atoms with Crippen molar-refractivity contribution in [2.45, 2.75) is 60.6 Å². The van der Waals surface area contributed by atoms with E-state index in [0.717, 1.165) is 24.4 Å². The number of carbonyl (C=O) groups excluding carboxylic acids is 2. The lowest BCUT2D eigenvalue weighted by Gasteiger charge is -2.22. The quantitative estimate of drug-likeness (QED) is 0.196. The molecule has 2 N–H and O–H groups in total. The molecule has 0 saturated heterocycles. The Morgan fingerprint density at radius 3 is 2.51 bits per heavy atom. The maximum absolute atomic E-state index is 14.2. The van der Waals surface area contributed by atoms with Crippen LogP contribution in [0.3, 0.4) is 0 Å². The van der Waals surface area contributed by atoms with Crippen LogP contribution in [0, 0.1) is 18.7 Å². The number of hydrogen-bond acceptors (Lipinski definition) is 7. The molecule has 0 aliphatic rings. The molecule has 1 aromatic heterocycles. The van der Waals surface area contributed by atoms with E-state index >= 15 is 0 Å². The molecular formula is C34H44ClF2N5O3. The topological polar surface area (TPSA) is 101 Å². The molecule has 1 heterocycles. The molecule has 0 aliphatic carbocycles. The van der Waals surface area contributed by atoms with E-state index in [1.54, 1.807) is 31.2 Å². The number of halogens is 3. The third-order valence-corrected chi connectivity index (χ3v) is 7.34. The van der Waals surface area contributed by atoms with Gasteiger partial charge in [-0.3, -0.25) is 14.6 Å². The second-order valence-electron chi connectivity index (χ2n) is 11.2. The molecule has 0 aliphatic heterocycles. The number of Topliss-reactive ketones (excluding diaryl/α,β-unsaturated/α-hetero) is 1. The fraction of sp³-hybridized carbons (Fsp3) is 0.412. The van der Waals surface area contributed by atoms with Crippen LogP contribution in [0.1, 0.15) is 57.4 Å². The van der Waals surface area contributed by atoms with Crippen molar-refractivity contribution in [2.75, 3.05) is 27.2 Å². The average Bonchev–Trinajstić information content (AvgIpc) is 2.97. The van der Waals surface area contributed by atoms with Gasteiger partial charge in [-0.1, -0.05) is 44.0 Å². The van der Waals surface area contributed by atoms with Gasteiger partial charge in [-0.15, -0.1) is 0 Å². The summed E-state index contributed by atoms with van der Waals surface area (Å²) in [5.41, 5.74) is 7.64. The monoisotopic (exact) mass is 643 g/mol. The Hall–Kier alpha value is -3.89. The molecule has 0 radical (unpaired) electrons.